The first-order valence-corrected chi connectivity index (χ1v) is 8.76. The summed E-state index contributed by atoms with van der Waals surface area (Å²) >= 11 is 0. The van der Waals surface area contributed by atoms with Gasteiger partial charge in [-0.15, -0.1) is 0 Å². The van der Waals surface area contributed by atoms with Gasteiger partial charge in [-0.1, -0.05) is 12.1 Å². The van der Waals surface area contributed by atoms with E-state index < -0.39 is 17.9 Å². The lowest BCUT2D eigenvalue weighted by Gasteiger charge is -2.23. The van der Waals surface area contributed by atoms with Gasteiger partial charge in [0.25, 0.3) is 11.8 Å². The van der Waals surface area contributed by atoms with E-state index in [1.54, 1.807) is 26.1 Å². The van der Waals surface area contributed by atoms with Gasteiger partial charge in [0.2, 0.25) is 0 Å². The molecule has 1 aromatic rings. The Hall–Kier alpha value is -3.03. The third kappa shape index (κ3) is 4.05. The molecule has 144 valence electrons. The number of Topliss-reactive ketones (excluding diaryl/α,β-unsaturated/α-hetero) is 1. The number of aldehydes is 1. The van der Waals surface area contributed by atoms with Crippen LogP contribution in [-0.4, -0.2) is 59.3 Å². The van der Waals surface area contributed by atoms with Crippen LogP contribution in [0, 0.1) is 0 Å². The molecule has 1 aromatic carbocycles. The van der Waals surface area contributed by atoms with Gasteiger partial charge < -0.3 is 15.0 Å². The predicted octanol–water partition coefficient (Wildman–Crippen LogP) is 1.38. The van der Waals surface area contributed by atoms with Crippen LogP contribution in [0.3, 0.4) is 0 Å². The van der Waals surface area contributed by atoms with Crippen molar-refractivity contribution in [2.75, 3.05) is 13.6 Å². The third-order valence-corrected chi connectivity index (χ3v) is 4.45. The fraction of sp³-hybridized carbons (Fsp3) is 0.421. The van der Waals surface area contributed by atoms with Gasteiger partial charge in [-0.05, 0) is 31.9 Å². The average molecular weight is 373 g/mol. The Kier molecular flexibility index (Phi) is 6.44. The van der Waals surface area contributed by atoms with Gasteiger partial charge in [-0.25, -0.2) is 4.79 Å². The minimum absolute atomic E-state index is 0.0738. The Labute approximate surface area is 157 Å². The summed E-state index contributed by atoms with van der Waals surface area (Å²) in [5.41, 5.74) is 0.940. The number of nitrogens with one attached hydrogen (secondary N) is 1. The lowest BCUT2D eigenvalue weighted by molar-refractivity contribution is -0.121. The number of urea groups is 1. The van der Waals surface area contributed by atoms with E-state index in [0.717, 1.165) is 4.90 Å². The molecule has 0 radical (unpaired) electrons. The van der Waals surface area contributed by atoms with Crippen molar-refractivity contribution < 1.29 is 24.0 Å². The first-order valence-electron chi connectivity index (χ1n) is 8.76. The minimum Gasteiger partial charge on any atom is -0.338 e. The van der Waals surface area contributed by atoms with Gasteiger partial charge in [-0.3, -0.25) is 19.3 Å². The molecular weight excluding hydrogens is 350 g/mol. The van der Waals surface area contributed by atoms with E-state index in [2.05, 4.69) is 5.32 Å². The summed E-state index contributed by atoms with van der Waals surface area (Å²) in [6.07, 6.45) is 0.823. The van der Waals surface area contributed by atoms with Crippen LogP contribution in [0.4, 0.5) is 4.79 Å². The predicted molar refractivity (Wildman–Crippen MR) is 97.2 cm³/mol. The molecule has 1 N–H and O–H groups in total. The minimum atomic E-state index is -0.975. The lowest BCUT2D eigenvalue weighted by Crippen LogP contribution is -2.44. The number of hydrogen-bond donors (Lipinski definition) is 1. The maximum Gasteiger partial charge on any atom is 0.317 e. The van der Waals surface area contributed by atoms with Crippen LogP contribution in [0.2, 0.25) is 0 Å². The van der Waals surface area contributed by atoms with Crippen LogP contribution in [0.15, 0.2) is 18.2 Å². The summed E-state index contributed by atoms with van der Waals surface area (Å²) in [4.78, 5) is 62.7. The fourth-order valence-electron chi connectivity index (χ4n) is 3.14. The van der Waals surface area contributed by atoms with E-state index in [1.807, 2.05) is 0 Å². The van der Waals surface area contributed by atoms with Crippen molar-refractivity contribution in [3.63, 3.8) is 0 Å². The van der Waals surface area contributed by atoms with Crippen LogP contribution in [0.1, 0.15) is 53.0 Å². The molecule has 27 heavy (non-hydrogen) atoms. The zero-order valence-corrected chi connectivity index (χ0v) is 15.7. The molecule has 1 unspecified atom stereocenters. The van der Waals surface area contributed by atoms with Crippen LogP contribution in [0.25, 0.3) is 0 Å². The highest BCUT2D eigenvalue weighted by Gasteiger charge is 2.42. The third-order valence-electron chi connectivity index (χ3n) is 4.45. The normalized spacial score (nSPS) is 14.0. The number of hydrogen-bond acceptors (Lipinski definition) is 5. The van der Waals surface area contributed by atoms with Gasteiger partial charge in [0.05, 0.1) is 17.2 Å². The van der Waals surface area contributed by atoms with E-state index in [-0.39, 0.29) is 42.3 Å². The Bertz CT molecular complexity index is 790. The highest BCUT2D eigenvalue weighted by Crippen LogP contribution is 2.29. The molecule has 0 aromatic heterocycles. The average Bonchev–Trinajstić information content (AvgIpc) is 2.88. The largest absolute Gasteiger partial charge is 0.338 e. The maximum absolute atomic E-state index is 13.0. The Morgan fingerprint density at radius 3 is 2.56 bits per heavy atom. The first kappa shape index (κ1) is 20.3. The van der Waals surface area contributed by atoms with E-state index in [9.17, 15) is 24.0 Å². The van der Waals surface area contributed by atoms with Crippen molar-refractivity contribution in [2.24, 2.45) is 0 Å². The zero-order chi connectivity index (χ0) is 20.1. The molecule has 1 heterocycles. The van der Waals surface area contributed by atoms with Crippen molar-refractivity contribution >= 4 is 29.9 Å². The standard InChI is InChI=1S/C19H23N3O5/c1-4-20-19(27)21(3)11-13-7-5-8-14-16(13)18(26)22(17(14)25)15(12(2)24)9-6-10-23/h5,7-8,10,15H,4,6,9,11H2,1-3H3,(H,20,27). The Balaban J connectivity index is 2.36. The molecule has 0 fully saturated rings. The van der Waals surface area contributed by atoms with Crippen molar-refractivity contribution in [2.45, 2.75) is 39.3 Å². The number of imide groups is 1. The summed E-state index contributed by atoms with van der Waals surface area (Å²) in [5, 5.41) is 2.67. The molecule has 8 nitrogen and oxygen atoms in total. The first-order chi connectivity index (χ1) is 12.8. The fourth-order valence-corrected chi connectivity index (χ4v) is 3.14. The number of fused-ring (bicyclic) bond motifs is 1. The number of nitrogens with zero attached hydrogens (tertiary/aromatic N) is 2. The SMILES string of the molecule is CCNC(=O)N(C)Cc1cccc2c1C(=O)N(C(CCC=O)C(C)=O)C2=O. The molecule has 0 saturated heterocycles. The van der Waals surface area contributed by atoms with Crippen LogP contribution in [-0.2, 0) is 16.1 Å². The summed E-state index contributed by atoms with van der Waals surface area (Å²) < 4.78 is 0. The highest BCUT2D eigenvalue weighted by molar-refractivity contribution is 6.23. The van der Waals surface area contributed by atoms with Crippen molar-refractivity contribution in [1.82, 2.24) is 15.1 Å². The molecule has 2 rings (SSSR count). The Morgan fingerprint density at radius 2 is 1.96 bits per heavy atom. The zero-order valence-electron chi connectivity index (χ0n) is 15.7. The van der Waals surface area contributed by atoms with Crippen LogP contribution < -0.4 is 5.32 Å². The lowest BCUT2D eigenvalue weighted by atomic mass is 10.0. The molecule has 0 bridgehead atoms. The molecule has 0 spiro atoms. The molecule has 0 saturated carbocycles. The van der Waals surface area contributed by atoms with Crippen molar-refractivity contribution in [3.8, 4) is 0 Å². The maximum atomic E-state index is 13.0. The van der Waals surface area contributed by atoms with Crippen LogP contribution in [0.5, 0.6) is 0 Å². The number of ketones is 1. The van der Waals surface area contributed by atoms with Gasteiger partial charge in [0, 0.05) is 26.6 Å². The second-order valence-electron chi connectivity index (χ2n) is 6.38. The molecule has 1 aliphatic heterocycles. The highest BCUT2D eigenvalue weighted by atomic mass is 16.2. The molecule has 8 heteroatoms. The van der Waals surface area contributed by atoms with E-state index in [0.29, 0.717) is 18.4 Å². The number of carbonyl (C=O) groups is 5. The summed E-state index contributed by atoms with van der Waals surface area (Å²) in [5.74, 6) is -1.48. The molecule has 1 atom stereocenters. The van der Waals surface area contributed by atoms with E-state index in [4.69, 9.17) is 0 Å². The summed E-state index contributed by atoms with van der Waals surface area (Å²) in [7, 11) is 1.59. The molecule has 0 aliphatic carbocycles. The number of rotatable bonds is 8. The van der Waals surface area contributed by atoms with Crippen molar-refractivity contribution in [3.05, 3.63) is 34.9 Å². The molecular formula is C19H23N3O5. The summed E-state index contributed by atoms with van der Waals surface area (Å²) in [6, 6.07) is 3.58. The quantitative estimate of drug-likeness (QED) is 0.548. The van der Waals surface area contributed by atoms with Crippen LogP contribution >= 0.6 is 0 Å². The van der Waals surface area contributed by atoms with E-state index in [1.165, 1.54) is 17.9 Å². The smallest absolute Gasteiger partial charge is 0.317 e. The van der Waals surface area contributed by atoms with Crippen molar-refractivity contribution in [1.29, 1.82) is 0 Å². The van der Waals surface area contributed by atoms with Gasteiger partial charge in [-0.2, -0.15) is 0 Å². The number of carbonyl (C=O) groups excluding carboxylic acids is 5. The molecule has 4 amide bonds. The molecule has 1 aliphatic rings. The summed E-state index contributed by atoms with van der Waals surface area (Å²) in [6.45, 7) is 3.70. The number of amides is 4. The van der Waals surface area contributed by atoms with E-state index >= 15 is 0 Å². The van der Waals surface area contributed by atoms with Gasteiger partial charge in [0.15, 0.2) is 5.78 Å². The topological polar surface area (TPSA) is 104 Å². The second-order valence-corrected chi connectivity index (χ2v) is 6.38. The second kappa shape index (κ2) is 8.57. The van der Waals surface area contributed by atoms with Gasteiger partial charge >= 0.3 is 6.03 Å². The van der Waals surface area contributed by atoms with Gasteiger partial charge in [0.1, 0.15) is 6.29 Å². The monoisotopic (exact) mass is 373 g/mol. The Morgan fingerprint density at radius 1 is 1.26 bits per heavy atom. The number of benzene rings is 1.